The summed E-state index contributed by atoms with van der Waals surface area (Å²) in [6, 6.07) is 14.7. The molecule has 0 unspecified atom stereocenters. The molecule has 4 aromatic rings. The number of anilines is 1. The van der Waals surface area contributed by atoms with Crippen LogP contribution < -0.4 is 16.4 Å². The first kappa shape index (κ1) is 19.3. The lowest BCUT2D eigenvalue weighted by Crippen LogP contribution is -2.44. The van der Waals surface area contributed by atoms with Crippen LogP contribution in [0, 0.1) is 0 Å². The van der Waals surface area contributed by atoms with E-state index in [1.807, 2.05) is 48.5 Å². The number of fused-ring (bicyclic) bond motifs is 1. The minimum absolute atomic E-state index is 0.207. The Balaban J connectivity index is 1.62. The van der Waals surface area contributed by atoms with Crippen LogP contribution >= 0.6 is 0 Å². The molecule has 0 aliphatic heterocycles. The fourth-order valence-electron chi connectivity index (χ4n) is 3.24. The van der Waals surface area contributed by atoms with Crippen molar-refractivity contribution in [2.24, 2.45) is 5.73 Å². The minimum atomic E-state index is -0.563. The van der Waals surface area contributed by atoms with Gasteiger partial charge in [-0.2, -0.15) is 0 Å². The van der Waals surface area contributed by atoms with Crippen molar-refractivity contribution < 1.29 is 4.79 Å². The Hall–Kier alpha value is -4.07. The molecule has 0 aliphatic carbocycles. The minimum Gasteiger partial charge on any atom is -0.367 e. The molecule has 0 saturated heterocycles. The summed E-state index contributed by atoms with van der Waals surface area (Å²) in [4.78, 5) is 29.1. The number of nitrogens with two attached hydrogens (primary N) is 1. The second-order valence-corrected chi connectivity index (χ2v) is 6.80. The molecule has 2 amide bonds. The van der Waals surface area contributed by atoms with E-state index in [9.17, 15) is 4.79 Å². The molecule has 4 N–H and O–H groups in total. The van der Waals surface area contributed by atoms with Crippen LogP contribution in [0.5, 0.6) is 0 Å². The highest BCUT2D eigenvalue weighted by Gasteiger charge is 2.14. The molecular formula is C22H21N7O. The van der Waals surface area contributed by atoms with Gasteiger partial charge < -0.3 is 16.4 Å². The Labute approximate surface area is 173 Å². The first-order valence-corrected chi connectivity index (χ1v) is 9.55. The highest BCUT2D eigenvalue weighted by Crippen LogP contribution is 2.24. The lowest BCUT2D eigenvalue weighted by molar-refractivity contribution is 0.245. The maximum Gasteiger partial charge on any atom is 0.312 e. The van der Waals surface area contributed by atoms with Crippen LogP contribution in [-0.2, 0) is 6.42 Å². The summed E-state index contributed by atoms with van der Waals surface area (Å²) in [5, 5.41) is 7.01. The Kier molecular flexibility index (Phi) is 5.75. The van der Waals surface area contributed by atoms with Crippen LogP contribution in [0.25, 0.3) is 22.3 Å². The predicted octanol–water partition coefficient (Wildman–Crippen LogP) is 2.78. The number of primary amides is 1. The number of carbonyl (C=O) groups is 1. The maximum atomic E-state index is 11.5. The van der Waals surface area contributed by atoms with Crippen molar-refractivity contribution in [3.63, 3.8) is 0 Å². The molecule has 1 atom stereocenters. The number of hydrogen-bond acceptors (Lipinski definition) is 6. The van der Waals surface area contributed by atoms with Crippen molar-refractivity contribution in [1.29, 1.82) is 0 Å². The van der Waals surface area contributed by atoms with Gasteiger partial charge in [0.2, 0.25) is 0 Å². The fourth-order valence-corrected chi connectivity index (χ4v) is 3.24. The van der Waals surface area contributed by atoms with Gasteiger partial charge in [-0.1, -0.05) is 30.3 Å². The highest BCUT2D eigenvalue weighted by molar-refractivity contribution is 5.90. The van der Waals surface area contributed by atoms with Gasteiger partial charge in [0, 0.05) is 36.1 Å². The van der Waals surface area contributed by atoms with Crippen molar-refractivity contribution in [3.05, 3.63) is 78.9 Å². The molecule has 1 aromatic carbocycles. The highest BCUT2D eigenvalue weighted by atomic mass is 16.2. The SMILES string of the molecule is NC(=O)N[C@H](CNc1nc(-c2ccncc2)nc2cnccc12)Cc1ccccc1. The van der Waals surface area contributed by atoms with E-state index >= 15 is 0 Å². The monoisotopic (exact) mass is 399 g/mol. The normalized spacial score (nSPS) is 11.7. The van der Waals surface area contributed by atoms with Crippen LogP contribution in [0.4, 0.5) is 10.6 Å². The summed E-state index contributed by atoms with van der Waals surface area (Å²) in [5.74, 6) is 1.24. The van der Waals surface area contributed by atoms with Gasteiger partial charge in [-0.05, 0) is 30.2 Å². The van der Waals surface area contributed by atoms with Crippen molar-refractivity contribution >= 4 is 22.8 Å². The van der Waals surface area contributed by atoms with Gasteiger partial charge in [0.05, 0.1) is 17.8 Å². The molecule has 0 aliphatic rings. The second-order valence-electron chi connectivity index (χ2n) is 6.80. The molecule has 0 bridgehead atoms. The Morgan fingerprint density at radius 1 is 0.967 bits per heavy atom. The van der Waals surface area contributed by atoms with Gasteiger partial charge in [-0.15, -0.1) is 0 Å². The number of amides is 2. The lowest BCUT2D eigenvalue weighted by atomic mass is 10.1. The molecule has 150 valence electrons. The third-order valence-corrected chi connectivity index (χ3v) is 4.62. The zero-order valence-corrected chi connectivity index (χ0v) is 16.2. The van der Waals surface area contributed by atoms with E-state index in [0.29, 0.717) is 24.6 Å². The van der Waals surface area contributed by atoms with Crippen LogP contribution in [0.15, 0.2) is 73.3 Å². The molecule has 8 nitrogen and oxygen atoms in total. The average Bonchev–Trinajstić information content (AvgIpc) is 2.78. The number of hydrogen-bond donors (Lipinski definition) is 3. The number of nitrogens with one attached hydrogen (secondary N) is 2. The molecule has 0 radical (unpaired) electrons. The molecule has 4 rings (SSSR count). The Morgan fingerprint density at radius 3 is 2.50 bits per heavy atom. The van der Waals surface area contributed by atoms with E-state index in [2.05, 4.69) is 25.6 Å². The molecule has 0 spiro atoms. The summed E-state index contributed by atoms with van der Waals surface area (Å²) in [7, 11) is 0. The molecular weight excluding hydrogens is 378 g/mol. The second kappa shape index (κ2) is 8.95. The molecule has 8 heteroatoms. The van der Waals surface area contributed by atoms with Crippen molar-refractivity contribution in [2.45, 2.75) is 12.5 Å². The van der Waals surface area contributed by atoms with E-state index in [4.69, 9.17) is 10.7 Å². The molecule has 0 fully saturated rings. The standard InChI is InChI=1S/C22H21N7O/c23-22(30)27-17(12-15-4-2-1-3-5-15)13-26-21-18-8-11-25-14-19(18)28-20(29-21)16-6-9-24-10-7-16/h1-11,14,17H,12-13H2,(H3,23,27,30)(H,26,28,29)/t17-/m0/s1. The van der Waals surface area contributed by atoms with Crippen LogP contribution in [0.1, 0.15) is 5.56 Å². The van der Waals surface area contributed by atoms with Crippen LogP contribution in [-0.4, -0.2) is 38.6 Å². The number of urea groups is 1. The van der Waals surface area contributed by atoms with Gasteiger partial charge in [-0.25, -0.2) is 14.8 Å². The third-order valence-electron chi connectivity index (χ3n) is 4.62. The number of pyridine rings is 2. The van der Waals surface area contributed by atoms with Crippen molar-refractivity contribution in [3.8, 4) is 11.4 Å². The zero-order chi connectivity index (χ0) is 20.8. The Morgan fingerprint density at radius 2 is 1.73 bits per heavy atom. The van der Waals surface area contributed by atoms with E-state index in [1.54, 1.807) is 24.8 Å². The maximum absolute atomic E-state index is 11.5. The van der Waals surface area contributed by atoms with E-state index in [1.165, 1.54) is 0 Å². The summed E-state index contributed by atoms with van der Waals surface area (Å²) in [6.07, 6.45) is 7.44. The van der Waals surface area contributed by atoms with Crippen molar-refractivity contribution in [2.75, 3.05) is 11.9 Å². The quantitative estimate of drug-likeness (QED) is 0.440. The summed E-state index contributed by atoms with van der Waals surface area (Å²) >= 11 is 0. The molecule has 30 heavy (non-hydrogen) atoms. The molecule has 3 heterocycles. The smallest absolute Gasteiger partial charge is 0.312 e. The number of aromatic nitrogens is 4. The molecule has 0 saturated carbocycles. The average molecular weight is 399 g/mol. The number of benzene rings is 1. The summed E-state index contributed by atoms with van der Waals surface area (Å²) in [6.45, 7) is 0.446. The van der Waals surface area contributed by atoms with Gasteiger partial charge in [-0.3, -0.25) is 9.97 Å². The third kappa shape index (κ3) is 4.67. The van der Waals surface area contributed by atoms with E-state index in [0.717, 1.165) is 22.0 Å². The van der Waals surface area contributed by atoms with Crippen LogP contribution in [0.2, 0.25) is 0 Å². The van der Waals surface area contributed by atoms with E-state index < -0.39 is 6.03 Å². The lowest BCUT2D eigenvalue weighted by Gasteiger charge is -2.19. The first-order valence-electron chi connectivity index (χ1n) is 9.55. The van der Waals surface area contributed by atoms with Gasteiger partial charge in [0.15, 0.2) is 5.82 Å². The van der Waals surface area contributed by atoms with Crippen LogP contribution in [0.3, 0.4) is 0 Å². The fraction of sp³-hybridized carbons (Fsp3) is 0.136. The molecule has 3 aromatic heterocycles. The topological polar surface area (TPSA) is 119 Å². The first-order chi connectivity index (χ1) is 14.7. The van der Waals surface area contributed by atoms with E-state index in [-0.39, 0.29) is 6.04 Å². The largest absolute Gasteiger partial charge is 0.367 e. The number of nitrogens with zero attached hydrogens (tertiary/aromatic N) is 4. The summed E-state index contributed by atoms with van der Waals surface area (Å²) in [5.41, 5.74) is 8.08. The van der Waals surface area contributed by atoms with Gasteiger partial charge >= 0.3 is 6.03 Å². The predicted molar refractivity (Wildman–Crippen MR) is 116 cm³/mol. The zero-order valence-electron chi connectivity index (χ0n) is 16.2. The number of rotatable bonds is 7. The van der Waals surface area contributed by atoms with Gasteiger partial charge in [0.25, 0.3) is 0 Å². The van der Waals surface area contributed by atoms with Crippen molar-refractivity contribution in [1.82, 2.24) is 25.3 Å². The van der Waals surface area contributed by atoms with Gasteiger partial charge in [0.1, 0.15) is 5.82 Å². The number of carbonyl (C=O) groups excluding carboxylic acids is 1. The Bertz CT molecular complexity index is 1140. The summed E-state index contributed by atoms with van der Waals surface area (Å²) < 4.78 is 0.